The zero-order valence-corrected chi connectivity index (χ0v) is 12.6. The lowest BCUT2D eigenvalue weighted by Gasteiger charge is -2.19. The number of alkyl halides is 2. The van der Waals surface area contributed by atoms with Gasteiger partial charge < -0.3 is 0 Å². The topological polar surface area (TPSA) is 30.7 Å². The van der Waals surface area contributed by atoms with Gasteiger partial charge in [0.1, 0.15) is 17.0 Å². The summed E-state index contributed by atoms with van der Waals surface area (Å²) in [5, 5.41) is 5.34. The molecule has 1 aromatic carbocycles. The Hall–Kier alpha value is -0.480. The van der Waals surface area contributed by atoms with E-state index in [-0.39, 0.29) is 12.0 Å². The summed E-state index contributed by atoms with van der Waals surface area (Å²) < 4.78 is 0.992. The molecule has 0 radical (unpaired) electrons. The molecule has 0 aliphatic heterocycles. The largest absolute Gasteiger partial charge is 0.245 e. The van der Waals surface area contributed by atoms with E-state index in [2.05, 4.69) is 10.1 Å². The molecule has 19 heavy (non-hydrogen) atoms. The molecule has 3 nitrogen and oxygen atoms in total. The molecule has 3 rings (SSSR count). The first kappa shape index (κ1) is 13.5. The molecule has 0 saturated heterocycles. The third kappa shape index (κ3) is 2.57. The zero-order valence-electron chi connectivity index (χ0n) is 9.60. The van der Waals surface area contributed by atoms with Gasteiger partial charge in [-0.25, -0.2) is 9.67 Å². The van der Waals surface area contributed by atoms with E-state index >= 15 is 0 Å². The van der Waals surface area contributed by atoms with Gasteiger partial charge in [-0.3, -0.25) is 0 Å². The van der Waals surface area contributed by atoms with Crippen LogP contribution in [0.25, 0.3) is 0 Å². The van der Waals surface area contributed by atoms with Crippen LogP contribution in [0.5, 0.6) is 0 Å². The van der Waals surface area contributed by atoms with Crippen molar-refractivity contribution in [3.63, 3.8) is 0 Å². The maximum Gasteiger partial charge on any atom is 0.137 e. The van der Waals surface area contributed by atoms with Gasteiger partial charge >= 0.3 is 0 Å². The number of hydrogen-bond donors (Lipinski definition) is 0. The summed E-state index contributed by atoms with van der Waals surface area (Å²) in [6.07, 6.45) is 3.81. The maximum atomic E-state index is 6.27. The van der Waals surface area contributed by atoms with Crippen LogP contribution >= 0.6 is 46.4 Å². The average Bonchev–Trinajstić information content (AvgIpc) is 2.79. The Kier molecular flexibility index (Phi) is 3.42. The number of halogens is 4. The average molecular weight is 337 g/mol. The van der Waals surface area contributed by atoms with E-state index < -0.39 is 4.33 Å². The molecular formula is C12H9Cl4N3. The van der Waals surface area contributed by atoms with Gasteiger partial charge in [0.2, 0.25) is 0 Å². The summed E-state index contributed by atoms with van der Waals surface area (Å²) in [5.74, 6) is 0.0520. The van der Waals surface area contributed by atoms with E-state index in [0.717, 1.165) is 5.56 Å². The molecule has 1 heterocycles. The Balaban J connectivity index is 2.05. The standard InChI is InChI=1S/C12H9Cl4N3/c13-7-1-2-8(10(14)3-7)11(9-4-12(9,15)16)19-6-17-5-18-19/h1-3,5-6,9,11H,4H2. The van der Waals surface area contributed by atoms with Gasteiger partial charge in [0, 0.05) is 16.0 Å². The van der Waals surface area contributed by atoms with Gasteiger partial charge in [0.05, 0.1) is 6.04 Å². The first-order valence-electron chi connectivity index (χ1n) is 5.66. The fourth-order valence-corrected chi connectivity index (χ4v) is 3.31. The normalized spacial score (nSPS) is 22.2. The van der Waals surface area contributed by atoms with Gasteiger partial charge in [-0.2, -0.15) is 5.10 Å². The van der Waals surface area contributed by atoms with Crippen LogP contribution in [0.3, 0.4) is 0 Å². The molecular weight excluding hydrogens is 328 g/mol. The number of hydrogen-bond acceptors (Lipinski definition) is 2. The van der Waals surface area contributed by atoms with Gasteiger partial charge in [-0.15, -0.1) is 23.2 Å². The van der Waals surface area contributed by atoms with Crippen molar-refractivity contribution >= 4 is 46.4 Å². The van der Waals surface area contributed by atoms with Gasteiger partial charge in [-0.05, 0) is 24.1 Å². The summed E-state index contributed by atoms with van der Waals surface area (Å²) in [7, 11) is 0. The minimum atomic E-state index is -0.737. The Morgan fingerprint density at radius 3 is 2.58 bits per heavy atom. The maximum absolute atomic E-state index is 6.27. The molecule has 2 unspecified atom stereocenters. The molecule has 0 bridgehead atoms. The smallest absolute Gasteiger partial charge is 0.137 e. The van der Waals surface area contributed by atoms with Crippen LogP contribution in [0.2, 0.25) is 10.0 Å². The van der Waals surface area contributed by atoms with Crippen LogP contribution in [0.4, 0.5) is 0 Å². The lowest BCUT2D eigenvalue weighted by Crippen LogP contribution is -2.17. The second kappa shape index (κ2) is 4.81. The second-order valence-electron chi connectivity index (χ2n) is 4.56. The molecule has 0 amide bonds. The lowest BCUT2D eigenvalue weighted by atomic mass is 10.0. The van der Waals surface area contributed by atoms with Crippen molar-refractivity contribution in [3.05, 3.63) is 46.5 Å². The van der Waals surface area contributed by atoms with Crippen molar-refractivity contribution in [1.29, 1.82) is 0 Å². The molecule has 1 aliphatic rings. The van der Waals surface area contributed by atoms with Crippen LogP contribution in [-0.4, -0.2) is 19.1 Å². The molecule has 7 heteroatoms. The van der Waals surface area contributed by atoms with Crippen LogP contribution < -0.4 is 0 Å². The highest BCUT2D eigenvalue weighted by atomic mass is 35.5. The molecule has 100 valence electrons. The molecule has 0 N–H and O–H groups in total. The zero-order chi connectivity index (χ0) is 13.6. The monoisotopic (exact) mass is 335 g/mol. The summed E-state index contributed by atoms with van der Waals surface area (Å²) in [4.78, 5) is 3.97. The molecule has 0 spiro atoms. The number of benzene rings is 1. The third-order valence-electron chi connectivity index (χ3n) is 3.26. The Labute approximate surface area is 130 Å². The third-order valence-corrected chi connectivity index (χ3v) is 4.69. The predicted octanol–water partition coefficient (Wildman–Crippen LogP) is 4.37. The Morgan fingerprint density at radius 2 is 2.05 bits per heavy atom. The van der Waals surface area contributed by atoms with E-state index in [1.165, 1.54) is 6.33 Å². The van der Waals surface area contributed by atoms with E-state index in [9.17, 15) is 0 Å². The fraction of sp³-hybridized carbons (Fsp3) is 0.333. The van der Waals surface area contributed by atoms with Gasteiger partial charge in [0.25, 0.3) is 0 Å². The first-order chi connectivity index (χ1) is 8.99. The summed E-state index contributed by atoms with van der Waals surface area (Å²) in [6.45, 7) is 0. The van der Waals surface area contributed by atoms with Gasteiger partial charge in [-0.1, -0.05) is 29.3 Å². The van der Waals surface area contributed by atoms with Crippen molar-refractivity contribution in [2.45, 2.75) is 16.8 Å². The van der Waals surface area contributed by atoms with E-state index in [0.29, 0.717) is 16.5 Å². The molecule has 1 aromatic heterocycles. The van der Waals surface area contributed by atoms with E-state index in [4.69, 9.17) is 46.4 Å². The van der Waals surface area contributed by atoms with Crippen molar-refractivity contribution in [3.8, 4) is 0 Å². The molecule has 2 aromatic rings. The van der Waals surface area contributed by atoms with Crippen LogP contribution in [0.1, 0.15) is 18.0 Å². The molecule has 2 atom stereocenters. The number of aromatic nitrogens is 3. The Bertz CT molecular complexity index is 597. The van der Waals surface area contributed by atoms with Gasteiger partial charge in [0.15, 0.2) is 0 Å². The summed E-state index contributed by atoms with van der Waals surface area (Å²) in [6, 6.07) is 5.23. The minimum Gasteiger partial charge on any atom is -0.245 e. The second-order valence-corrected chi connectivity index (χ2v) is 6.94. The van der Waals surface area contributed by atoms with Crippen molar-refractivity contribution in [2.75, 3.05) is 0 Å². The molecule has 1 aliphatic carbocycles. The van der Waals surface area contributed by atoms with E-state index in [1.54, 1.807) is 23.1 Å². The number of rotatable bonds is 3. The van der Waals surface area contributed by atoms with Crippen molar-refractivity contribution in [2.24, 2.45) is 5.92 Å². The summed E-state index contributed by atoms with van der Waals surface area (Å²) >= 11 is 24.6. The van der Waals surface area contributed by atoms with Crippen LogP contribution in [0.15, 0.2) is 30.9 Å². The lowest BCUT2D eigenvalue weighted by molar-refractivity contribution is 0.466. The SMILES string of the molecule is Clc1ccc(C(C2CC2(Cl)Cl)n2cncn2)c(Cl)c1. The van der Waals surface area contributed by atoms with Crippen molar-refractivity contribution in [1.82, 2.24) is 14.8 Å². The predicted molar refractivity (Wildman–Crippen MR) is 77.2 cm³/mol. The van der Waals surface area contributed by atoms with Crippen LogP contribution in [0, 0.1) is 5.92 Å². The molecule has 1 saturated carbocycles. The van der Waals surface area contributed by atoms with E-state index in [1.807, 2.05) is 6.07 Å². The highest BCUT2D eigenvalue weighted by Gasteiger charge is 2.57. The Morgan fingerprint density at radius 1 is 1.32 bits per heavy atom. The number of nitrogens with zero attached hydrogens (tertiary/aromatic N) is 3. The minimum absolute atomic E-state index is 0.0520. The highest BCUT2D eigenvalue weighted by Crippen LogP contribution is 2.60. The molecule has 1 fully saturated rings. The van der Waals surface area contributed by atoms with Crippen LogP contribution in [-0.2, 0) is 0 Å². The quantitative estimate of drug-likeness (QED) is 0.779. The first-order valence-corrected chi connectivity index (χ1v) is 7.17. The summed E-state index contributed by atoms with van der Waals surface area (Å²) in [5.41, 5.74) is 0.893. The highest BCUT2D eigenvalue weighted by molar-refractivity contribution is 6.51. The fourth-order valence-electron chi connectivity index (χ4n) is 2.22. The van der Waals surface area contributed by atoms with Crippen molar-refractivity contribution < 1.29 is 0 Å².